The first-order chi connectivity index (χ1) is 14.9. The Morgan fingerprint density at radius 1 is 1.23 bits per heavy atom. The van der Waals surface area contributed by atoms with Gasteiger partial charge in [0.2, 0.25) is 10.0 Å². The molecule has 1 aromatic heterocycles. The number of amides is 1. The molecule has 6 nitrogen and oxygen atoms in total. The second-order valence-corrected chi connectivity index (χ2v) is 9.65. The summed E-state index contributed by atoms with van der Waals surface area (Å²) in [5, 5.41) is 1.02. The Hall–Kier alpha value is -3.15. The van der Waals surface area contributed by atoms with Gasteiger partial charge < -0.3 is 9.88 Å². The number of sulfonamides is 1. The van der Waals surface area contributed by atoms with Gasteiger partial charge in [0.1, 0.15) is 11.9 Å². The molecule has 0 unspecified atom stereocenters. The van der Waals surface area contributed by atoms with E-state index in [0.29, 0.717) is 18.7 Å². The monoisotopic (exact) mass is 437 g/mol. The minimum absolute atomic E-state index is 0.0799. The van der Waals surface area contributed by atoms with Crippen LogP contribution in [0.2, 0.25) is 0 Å². The van der Waals surface area contributed by atoms with E-state index < -0.39 is 27.8 Å². The number of para-hydroxylation sites is 1. The summed E-state index contributed by atoms with van der Waals surface area (Å²) in [4.78, 5) is 17.1. The van der Waals surface area contributed by atoms with Gasteiger partial charge >= 0.3 is 0 Å². The molecule has 2 aromatic carbocycles. The van der Waals surface area contributed by atoms with Crippen LogP contribution in [0, 0.1) is 18.2 Å². The van der Waals surface area contributed by atoms with Crippen molar-refractivity contribution >= 4 is 26.8 Å². The third-order valence-corrected chi connectivity index (χ3v) is 7.41. The van der Waals surface area contributed by atoms with Gasteiger partial charge in [0.05, 0.1) is 4.90 Å². The van der Waals surface area contributed by atoms with E-state index in [1.165, 1.54) is 17.0 Å². The molecule has 0 saturated heterocycles. The van der Waals surface area contributed by atoms with Gasteiger partial charge in [-0.25, -0.2) is 17.5 Å². The van der Waals surface area contributed by atoms with E-state index in [0.717, 1.165) is 35.4 Å². The van der Waals surface area contributed by atoms with Crippen molar-refractivity contribution in [2.24, 2.45) is 0 Å². The van der Waals surface area contributed by atoms with Crippen molar-refractivity contribution < 1.29 is 17.6 Å². The molecular weight excluding hydrogens is 417 g/mol. The van der Waals surface area contributed by atoms with E-state index in [4.69, 9.17) is 6.42 Å². The maximum absolute atomic E-state index is 15.3. The lowest BCUT2D eigenvalue weighted by molar-refractivity contribution is -0.127. The number of halogens is 1. The molecule has 2 N–H and O–H groups in total. The zero-order valence-electron chi connectivity index (χ0n) is 16.6. The molecule has 5 rings (SSSR count). The Bertz CT molecular complexity index is 1350. The molecule has 3 aromatic rings. The maximum atomic E-state index is 15.3. The summed E-state index contributed by atoms with van der Waals surface area (Å²) < 4.78 is 42.8. The number of fused-ring (bicyclic) bond motifs is 3. The predicted octanol–water partition coefficient (Wildman–Crippen LogP) is 2.86. The van der Waals surface area contributed by atoms with E-state index in [-0.39, 0.29) is 16.5 Å². The average Bonchev–Trinajstić information content (AvgIpc) is 3.48. The Morgan fingerprint density at radius 3 is 2.71 bits per heavy atom. The van der Waals surface area contributed by atoms with Crippen molar-refractivity contribution in [3.05, 3.63) is 65.1 Å². The fraction of sp³-hybridized carbons (Fsp3) is 0.261. The number of nitrogens with one attached hydrogen (secondary N) is 2. The number of H-pyrrole nitrogens is 1. The summed E-state index contributed by atoms with van der Waals surface area (Å²) in [5.74, 6) is 0.883. The highest BCUT2D eigenvalue weighted by Crippen LogP contribution is 2.39. The molecule has 2 aliphatic rings. The Balaban J connectivity index is 1.63. The van der Waals surface area contributed by atoms with Crippen LogP contribution in [0.25, 0.3) is 10.9 Å². The molecule has 31 heavy (non-hydrogen) atoms. The van der Waals surface area contributed by atoms with E-state index in [1.54, 1.807) is 0 Å². The highest BCUT2D eigenvalue weighted by molar-refractivity contribution is 7.89. The Kier molecular flexibility index (Phi) is 4.61. The summed E-state index contributed by atoms with van der Waals surface area (Å²) in [7, 11) is -3.79. The molecule has 1 aliphatic heterocycles. The number of benzene rings is 2. The topological polar surface area (TPSA) is 82.3 Å². The number of rotatable bonds is 4. The van der Waals surface area contributed by atoms with Gasteiger partial charge in [0.15, 0.2) is 0 Å². The SMILES string of the molecule is C#CC(=O)N1CCc2c([nH]c3ccccc23)[C@@H]1c1ccc(S(=O)(=O)NC2CC2)cc1F. The summed E-state index contributed by atoms with van der Waals surface area (Å²) in [5.41, 5.74) is 2.79. The first-order valence-corrected chi connectivity index (χ1v) is 11.6. The van der Waals surface area contributed by atoms with Crippen molar-refractivity contribution in [2.75, 3.05) is 6.54 Å². The van der Waals surface area contributed by atoms with Crippen LogP contribution in [-0.4, -0.2) is 36.8 Å². The molecule has 0 radical (unpaired) electrons. The normalized spacial score (nSPS) is 18.6. The van der Waals surface area contributed by atoms with Gasteiger partial charge in [-0.1, -0.05) is 24.3 Å². The summed E-state index contributed by atoms with van der Waals surface area (Å²) in [6.07, 6.45) is 7.53. The smallest absolute Gasteiger partial charge is 0.299 e. The summed E-state index contributed by atoms with van der Waals surface area (Å²) in [6, 6.07) is 10.7. The van der Waals surface area contributed by atoms with Crippen molar-refractivity contribution in [2.45, 2.75) is 36.2 Å². The standard InChI is InChI=1S/C23H20FN3O3S/c1-2-21(28)27-12-11-17-16-5-3-4-6-20(16)25-22(17)23(27)18-10-9-15(13-19(18)24)31(29,30)26-14-7-8-14/h1,3-6,9-10,13-14,23,25-26H,7-8,11-12H2/t23-/m0/s1. The molecule has 1 aliphatic carbocycles. The number of aromatic nitrogens is 1. The van der Waals surface area contributed by atoms with Gasteiger partial charge in [0, 0.05) is 34.7 Å². The van der Waals surface area contributed by atoms with Crippen molar-refractivity contribution in [1.82, 2.24) is 14.6 Å². The van der Waals surface area contributed by atoms with Crippen LogP contribution in [0.15, 0.2) is 47.4 Å². The Labute approximate surface area is 179 Å². The fourth-order valence-corrected chi connectivity index (χ4v) is 5.57. The summed E-state index contributed by atoms with van der Waals surface area (Å²) in [6.45, 7) is 0.339. The minimum atomic E-state index is -3.79. The van der Waals surface area contributed by atoms with E-state index in [2.05, 4.69) is 15.6 Å². The quantitative estimate of drug-likeness (QED) is 0.616. The largest absolute Gasteiger partial charge is 0.356 e. The van der Waals surface area contributed by atoms with E-state index in [1.807, 2.05) is 24.3 Å². The second kappa shape index (κ2) is 7.22. The molecule has 1 saturated carbocycles. The molecule has 8 heteroatoms. The molecule has 1 amide bonds. The molecule has 1 fully saturated rings. The lowest BCUT2D eigenvalue weighted by Gasteiger charge is -2.35. The van der Waals surface area contributed by atoms with Crippen LogP contribution >= 0.6 is 0 Å². The van der Waals surface area contributed by atoms with Crippen LogP contribution in [0.4, 0.5) is 4.39 Å². The number of hydrogen-bond donors (Lipinski definition) is 2. The lowest BCUT2D eigenvalue weighted by Crippen LogP contribution is -2.40. The third kappa shape index (κ3) is 3.40. The van der Waals surface area contributed by atoms with Gasteiger partial charge in [-0.3, -0.25) is 4.79 Å². The first kappa shape index (κ1) is 19.8. The number of carbonyl (C=O) groups excluding carboxylic acids is 1. The van der Waals surface area contributed by atoms with Crippen LogP contribution in [0.1, 0.15) is 35.7 Å². The van der Waals surface area contributed by atoms with Crippen LogP contribution in [0.5, 0.6) is 0 Å². The van der Waals surface area contributed by atoms with Gasteiger partial charge in [-0.05, 0) is 48.9 Å². The third-order valence-electron chi connectivity index (χ3n) is 5.89. The average molecular weight is 437 g/mol. The number of terminal acetylenes is 1. The minimum Gasteiger partial charge on any atom is -0.356 e. The number of carbonyl (C=O) groups is 1. The second-order valence-electron chi connectivity index (χ2n) is 7.94. The number of aromatic amines is 1. The highest BCUT2D eigenvalue weighted by atomic mass is 32.2. The first-order valence-electron chi connectivity index (χ1n) is 10.1. The molecule has 0 spiro atoms. The molecule has 1 atom stereocenters. The lowest BCUT2D eigenvalue weighted by atomic mass is 9.92. The summed E-state index contributed by atoms with van der Waals surface area (Å²) >= 11 is 0. The number of hydrogen-bond acceptors (Lipinski definition) is 3. The van der Waals surface area contributed by atoms with E-state index >= 15 is 4.39 Å². The van der Waals surface area contributed by atoms with Crippen LogP contribution < -0.4 is 4.72 Å². The molecule has 158 valence electrons. The van der Waals surface area contributed by atoms with E-state index in [9.17, 15) is 13.2 Å². The predicted molar refractivity (Wildman–Crippen MR) is 114 cm³/mol. The van der Waals surface area contributed by atoms with Crippen LogP contribution in [-0.2, 0) is 21.2 Å². The molecular formula is C23H20FN3O3S. The zero-order valence-corrected chi connectivity index (χ0v) is 17.4. The molecule has 0 bridgehead atoms. The Morgan fingerprint density at radius 2 is 2.00 bits per heavy atom. The highest BCUT2D eigenvalue weighted by Gasteiger charge is 2.36. The fourth-order valence-electron chi connectivity index (χ4n) is 4.25. The van der Waals surface area contributed by atoms with Crippen LogP contribution in [0.3, 0.4) is 0 Å². The van der Waals surface area contributed by atoms with Gasteiger partial charge in [0.25, 0.3) is 5.91 Å². The molecule has 2 heterocycles. The van der Waals surface area contributed by atoms with Crippen molar-refractivity contribution in [3.63, 3.8) is 0 Å². The zero-order chi connectivity index (χ0) is 21.8. The number of nitrogens with zero attached hydrogens (tertiary/aromatic N) is 1. The maximum Gasteiger partial charge on any atom is 0.299 e. The van der Waals surface area contributed by atoms with Gasteiger partial charge in [-0.2, -0.15) is 0 Å². The van der Waals surface area contributed by atoms with Gasteiger partial charge in [-0.15, -0.1) is 6.42 Å². The van der Waals surface area contributed by atoms with Crippen molar-refractivity contribution in [1.29, 1.82) is 0 Å². The van der Waals surface area contributed by atoms with Crippen molar-refractivity contribution in [3.8, 4) is 12.3 Å².